The van der Waals surface area contributed by atoms with Gasteiger partial charge < -0.3 is 14.8 Å². The number of piperazine rings is 1. The molecule has 4 heterocycles. The molecule has 2 bridgehead atoms. The summed E-state index contributed by atoms with van der Waals surface area (Å²) in [4.78, 5) is 28.1. The maximum absolute atomic E-state index is 14.6. The second kappa shape index (κ2) is 9.08. The summed E-state index contributed by atoms with van der Waals surface area (Å²) in [5.41, 5.74) is -0.364. The van der Waals surface area contributed by atoms with Crippen molar-refractivity contribution in [2.24, 2.45) is 0 Å². The predicted octanol–water partition coefficient (Wildman–Crippen LogP) is 3.65. The van der Waals surface area contributed by atoms with Crippen LogP contribution >= 0.6 is 0 Å². The van der Waals surface area contributed by atoms with Gasteiger partial charge in [0.25, 0.3) is 0 Å². The second-order valence-electron chi connectivity index (χ2n) is 9.00. The number of benzene rings is 1. The van der Waals surface area contributed by atoms with E-state index in [0.29, 0.717) is 12.3 Å². The second-order valence-corrected chi connectivity index (χ2v) is 9.00. The number of para-hydroxylation sites is 1. The van der Waals surface area contributed by atoms with Gasteiger partial charge in [-0.2, -0.15) is 23.1 Å². The van der Waals surface area contributed by atoms with Crippen molar-refractivity contribution in [2.45, 2.75) is 32.2 Å². The fraction of sp³-hybridized carbons (Fsp3) is 0.417. The van der Waals surface area contributed by atoms with Crippen LogP contribution < -0.4 is 19.7 Å². The number of nitrogens with zero attached hydrogens (tertiary/aromatic N) is 5. The highest BCUT2D eigenvalue weighted by Crippen LogP contribution is 2.44. The van der Waals surface area contributed by atoms with Crippen LogP contribution in [0.15, 0.2) is 30.5 Å². The minimum absolute atomic E-state index is 0.00287. The van der Waals surface area contributed by atoms with E-state index in [2.05, 4.69) is 20.3 Å². The first-order valence-electron chi connectivity index (χ1n) is 11.5. The third-order valence-electron chi connectivity index (χ3n) is 6.17. The van der Waals surface area contributed by atoms with Gasteiger partial charge in [0.05, 0.1) is 29.7 Å². The Morgan fingerprint density at radius 1 is 1.14 bits per heavy atom. The summed E-state index contributed by atoms with van der Waals surface area (Å²) >= 11 is 0. The maximum Gasteiger partial charge on any atom is 0.420 e. The van der Waals surface area contributed by atoms with Crippen molar-refractivity contribution in [3.8, 4) is 11.8 Å². The number of aromatic nitrogens is 3. The average molecular weight is 502 g/mol. The normalized spacial score (nSPS) is 21.2. The minimum Gasteiger partial charge on any atom is -0.489 e. The first-order valence-corrected chi connectivity index (χ1v) is 11.5. The molecule has 2 aromatic heterocycles. The summed E-state index contributed by atoms with van der Waals surface area (Å²) in [5, 5.41) is 2.83. The highest BCUT2D eigenvalue weighted by atomic mass is 19.4. The molecule has 1 saturated heterocycles. The zero-order chi connectivity index (χ0) is 25.6. The minimum atomic E-state index is -4.83. The Kier molecular flexibility index (Phi) is 6.07. The molecule has 0 unspecified atom stereocenters. The van der Waals surface area contributed by atoms with Crippen molar-refractivity contribution < 1.29 is 27.4 Å². The fourth-order valence-electron chi connectivity index (χ4n) is 4.41. The number of amides is 1. The van der Waals surface area contributed by atoms with Crippen LogP contribution in [0.25, 0.3) is 10.9 Å². The molecule has 9 nitrogen and oxygen atoms in total. The van der Waals surface area contributed by atoms with E-state index >= 15 is 0 Å². The van der Waals surface area contributed by atoms with Crippen molar-refractivity contribution in [1.82, 2.24) is 19.9 Å². The van der Waals surface area contributed by atoms with Gasteiger partial charge in [0.1, 0.15) is 35.7 Å². The molecular formula is C24H25F3N6O3. The van der Waals surface area contributed by atoms with Gasteiger partial charge in [0.15, 0.2) is 0 Å². The molecule has 2 aliphatic rings. The number of pyridine rings is 1. The van der Waals surface area contributed by atoms with Crippen LogP contribution in [0.3, 0.4) is 0 Å². The Morgan fingerprint density at radius 2 is 1.92 bits per heavy atom. The summed E-state index contributed by atoms with van der Waals surface area (Å²) in [5.74, 6) is -0.399. The first-order chi connectivity index (χ1) is 17.1. The van der Waals surface area contributed by atoms with Gasteiger partial charge in [0, 0.05) is 18.7 Å². The molecule has 190 valence electrons. The van der Waals surface area contributed by atoms with E-state index in [-0.39, 0.29) is 42.4 Å². The molecule has 0 aliphatic carbocycles. The summed E-state index contributed by atoms with van der Waals surface area (Å²) < 4.78 is 55.6. The third-order valence-corrected chi connectivity index (χ3v) is 6.17. The molecule has 3 aromatic rings. The van der Waals surface area contributed by atoms with Gasteiger partial charge in [-0.1, -0.05) is 18.2 Å². The SMILES string of the molecule is C[C@@H]1COc2ccccc2[C@@H](C)Nc2nc(nc3cnc(N4CCN(C)CC4=O)c(C(F)(F)F)c23)O1. The van der Waals surface area contributed by atoms with E-state index in [1.165, 1.54) is 6.20 Å². The Hall–Kier alpha value is -3.67. The number of fused-ring (bicyclic) bond motifs is 5. The van der Waals surface area contributed by atoms with Crippen molar-refractivity contribution in [3.05, 3.63) is 41.6 Å². The van der Waals surface area contributed by atoms with Crippen LogP contribution in [0.1, 0.15) is 31.0 Å². The zero-order valence-corrected chi connectivity index (χ0v) is 20.0. The number of ether oxygens (including phenoxy) is 2. The van der Waals surface area contributed by atoms with Gasteiger partial charge in [-0.3, -0.25) is 14.6 Å². The zero-order valence-electron chi connectivity index (χ0n) is 20.0. The van der Waals surface area contributed by atoms with Gasteiger partial charge in [-0.25, -0.2) is 4.98 Å². The quantitative estimate of drug-likeness (QED) is 0.539. The van der Waals surface area contributed by atoms with Gasteiger partial charge >= 0.3 is 12.2 Å². The van der Waals surface area contributed by atoms with Gasteiger partial charge in [0.2, 0.25) is 5.91 Å². The molecule has 1 aromatic carbocycles. The summed E-state index contributed by atoms with van der Waals surface area (Å²) in [7, 11) is 1.74. The van der Waals surface area contributed by atoms with Crippen molar-refractivity contribution in [1.29, 1.82) is 0 Å². The lowest BCUT2D eigenvalue weighted by molar-refractivity contribution is -0.136. The molecule has 0 spiro atoms. The lowest BCUT2D eigenvalue weighted by Gasteiger charge is -2.33. The number of carbonyl (C=O) groups excluding carboxylic acids is 1. The molecule has 0 saturated carbocycles. The number of carbonyl (C=O) groups is 1. The highest BCUT2D eigenvalue weighted by molar-refractivity contribution is 6.01. The van der Waals surface area contributed by atoms with E-state index in [0.717, 1.165) is 10.5 Å². The smallest absolute Gasteiger partial charge is 0.420 e. The van der Waals surface area contributed by atoms with Crippen LogP contribution in [0, 0.1) is 0 Å². The Morgan fingerprint density at radius 3 is 2.67 bits per heavy atom. The summed E-state index contributed by atoms with van der Waals surface area (Å²) in [6, 6.07) is 6.70. The number of halogens is 3. The Labute approximate surface area is 205 Å². The van der Waals surface area contributed by atoms with Crippen LogP contribution in [0.5, 0.6) is 11.8 Å². The third kappa shape index (κ3) is 4.48. The molecule has 12 heteroatoms. The van der Waals surface area contributed by atoms with Crippen LogP contribution in [0.2, 0.25) is 0 Å². The van der Waals surface area contributed by atoms with E-state index in [1.807, 2.05) is 18.2 Å². The number of nitrogens with one attached hydrogen (secondary N) is 1. The Balaban J connectivity index is 1.73. The molecular weight excluding hydrogens is 477 g/mol. The highest BCUT2D eigenvalue weighted by Gasteiger charge is 2.42. The lowest BCUT2D eigenvalue weighted by Crippen LogP contribution is -2.49. The summed E-state index contributed by atoms with van der Waals surface area (Å²) in [6.07, 6.45) is -4.09. The molecule has 2 aliphatic heterocycles. The fourth-order valence-corrected chi connectivity index (χ4v) is 4.41. The molecule has 5 rings (SSSR count). The topological polar surface area (TPSA) is 92.7 Å². The van der Waals surface area contributed by atoms with Crippen molar-refractivity contribution in [3.63, 3.8) is 0 Å². The van der Waals surface area contributed by atoms with Gasteiger partial charge in [-0.05, 0) is 27.0 Å². The predicted molar refractivity (Wildman–Crippen MR) is 126 cm³/mol. The van der Waals surface area contributed by atoms with Crippen LogP contribution in [-0.4, -0.2) is 65.2 Å². The lowest BCUT2D eigenvalue weighted by atomic mass is 10.1. The van der Waals surface area contributed by atoms with Crippen LogP contribution in [0.4, 0.5) is 24.8 Å². The number of likely N-dealkylation sites (N-methyl/N-ethyl adjacent to an activating group) is 1. The largest absolute Gasteiger partial charge is 0.489 e. The number of anilines is 2. The number of rotatable bonds is 1. The maximum atomic E-state index is 14.6. The standard InChI is InChI=1S/C24H25F3N6O3/c1-13-12-35-17-7-5-4-6-15(17)14(2)29-21-19-16(30-23(31-21)36-13)10-28-22(20(19)24(25,26)27)33-9-8-32(3)11-18(33)34/h4-7,10,13-14H,8-9,11-12H2,1-3H3,(H,29,30,31)/t13-,14-/m1/s1. The molecule has 1 N–H and O–H groups in total. The van der Waals surface area contributed by atoms with E-state index in [9.17, 15) is 18.0 Å². The molecule has 0 radical (unpaired) electrons. The average Bonchev–Trinajstić information content (AvgIpc) is 2.83. The molecule has 36 heavy (non-hydrogen) atoms. The van der Waals surface area contributed by atoms with Crippen molar-refractivity contribution in [2.75, 3.05) is 43.5 Å². The molecule has 1 fully saturated rings. The van der Waals surface area contributed by atoms with Gasteiger partial charge in [-0.15, -0.1) is 0 Å². The van der Waals surface area contributed by atoms with Crippen LogP contribution in [-0.2, 0) is 11.0 Å². The molecule has 1 amide bonds. The van der Waals surface area contributed by atoms with E-state index < -0.39 is 35.6 Å². The number of hydrogen-bond donors (Lipinski definition) is 1. The number of alkyl halides is 3. The Bertz CT molecular complexity index is 1320. The molecule has 2 atom stereocenters. The monoisotopic (exact) mass is 502 g/mol. The summed E-state index contributed by atoms with van der Waals surface area (Å²) in [6.45, 7) is 4.25. The first kappa shape index (κ1) is 24.0. The number of hydrogen-bond acceptors (Lipinski definition) is 8. The van der Waals surface area contributed by atoms with E-state index in [4.69, 9.17) is 9.47 Å². The van der Waals surface area contributed by atoms with Crippen molar-refractivity contribution >= 4 is 28.4 Å². The van der Waals surface area contributed by atoms with E-state index in [1.54, 1.807) is 31.9 Å².